The molecule has 2 heterocycles. The predicted molar refractivity (Wildman–Crippen MR) is 112 cm³/mol. The molecule has 1 fully saturated rings. The van der Waals surface area contributed by atoms with E-state index in [1.807, 2.05) is 25.1 Å². The second kappa shape index (κ2) is 7.35. The van der Waals surface area contributed by atoms with Crippen molar-refractivity contribution in [3.63, 3.8) is 0 Å². The minimum Gasteiger partial charge on any atom is -0.345 e. The van der Waals surface area contributed by atoms with Crippen LogP contribution in [-0.4, -0.2) is 39.9 Å². The van der Waals surface area contributed by atoms with Crippen molar-refractivity contribution in [2.45, 2.75) is 31.7 Å². The number of hydrogen-bond donors (Lipinski definition) is 1. The van der Waals surface area contributed by atoms with Crippen LogP contribution in [0.25, 0.3) is 6.08 Å². The third-order valence-electron chi connectivity index (χ3n) is 5.81. The maximum Gasteiger partial charge on any atom is 0.254 e. The Morgan fingerprint density at radius 2 is 1.97 bits per heavy atom. The summed E-state index contributed by atoms with van der Waals surface area (Å²) in [6, 6.07) is 8.84. The van der Waals surface area contributed by atoms with Crippen LogP contribution in [0, 0.1) is 0 Å². The molecule has 4 rings (SSSR count). The van der Waals surface area contributed by atoms with Crippen molar-refractivity contribution in [2.75, 3.05) is 13.1 Å². The third kappa shape index (κ3) is 3.88. The summed E-state index contributed by atoms with van der Waals surface area (Å²) in [6.07, 6.45) is 8.50. The summed E-state index contributed by atoms with van der Waals surface area (Å²) in [5, 5.41) is 3.11. The Labute approximate surface area is 169 Å². The zero-order valence-corrected chi connectivity index (χ0v) is 16.8. The zero-order valence-electron chi connectivity index (χ0n) is 16.8. The maximum atomic E-state index is 12.8. The Balaban J connectivity index is 1.45. The van der Waals surface area contributed by atoms with Crippen LogP contribution >= 0.6 is 0 Å². The lowest BCUT2D eigenvalue weighted by Crippen LogP contribution is -2.48. The van der Waals surface area contributed by atoms with Crippen LogP contribution in [0.5, 0.6) is 0 Å². The highest BCUT2D eigenvalue weighted by molar-refractivity contribution is 5.96. The van der Waals surface area contributed by atoms with Gasteiger partial charge in [-0.1, -0.05) is 18.2 Å². The van der Waals surface area contributed by atoms with Crippen LogP contribution in [0.3, 0.4) is 0 Å². The van der Waals surface area contributed by atoms with E-state index >= 15 is 0 Å². The van der Waals surface area contributed by atoms with Crippen LogP contribution in [-0.2, 0) is 13.5 Å². The fourth-order valence-electron chi connectivity index (χ4n) is 4.01. The number of rotatable bonds is 3. The molecule has 2 aliphatic rings. The Bertz CT molecular complexity index is 1070. The molecule has 6 nitrogen and oxygen atoms in total. The van der Waals surface area contributed by atoms with Crippen LogP contribution in [0.15, 0.2) is 47.4 Å². The first-order chi connectivity index (χ1) is 13.8. The highest BCUT2D eigenvalue weighted by Gasteiger charge is 2.37. The SMILES string of the molecule is Cn1ccc(C(=O)N2CCC(C)(NC(=O)c3ccc4c(c3)C=CCC4)C2)cc1=O. The van der Waals surface area contributed by atoms with Gasteiger partial charge in [-0.2, -0.15) is 0 Å². The predicted octanol–water partition coefficient (Wildman–Crippen LogP) is 2.38. The second-order valence-electron chi connectivity index (χ2n) is 8.21. The lowest BCUT2D eigenvalue weighted by Gasteiger charge is -2.26. The van der Waals surface area contributed by atoms with E-state index in [-0.39, 0.29) is 17.4 Å². The lowest BCUT2D eigenvalue weighted by atomic mass is 9.94. The van der Waals surface area contributed by atoms with Crippen LogP contribution in [0.2, 0.25) is 0 Å². The van der Waals surface area contributed by atoms with Crippen molar-refractivity contribution in [1.82, 2.24) is 14.8 Å². The molecule has 1 aromatic carbocycles. The average molecular weight is 391 g/mol. The number of hydrogen-bond acceptors (Lipinski definition) is 3. The normalized spacial score (nSPS) is 20.4. The molecule has 0 radical (unpaired) electrons. The molecule has 0 spiro atoms. The van der Waals surface area contributed by atoms with Crippen LogP contribution < -0.4 is 10.9 Å². The first-order valence-electron chi connectivity index (χ1n) is 9.93. The molecule has 1 aliphatic carbocycles. The van der Waals surface area contributed by atoms with Gasteiger partial charge in [-0.15, -0.1) is 0 Å². The summed E-state index contributed by atoms with van der Waals surface area (Å²) in [4.78, 5) is 39.1. The van der Waals surface area contributed by atoms with Crippen molar-refractivity contribution >= 4 is 17.9 Å². The van der Waals surface area contributed by atoms with Crippen molar-refractivity contribution in [3.05, 3.63) is 75.2 Å². The van der Waals surface area contributed by atoms with Crippen molar-refractivity contribution in [2.24, 2.45) is 7.05 Å². The number of pyridine rings is 1. The van der Waals surface area contributed by atoms with Crippen LogP contribution in [0.1, 0.15) is 51.6 Å². The van der Waals surface area contributed by atoms with Gasteiger partial charge in [0.1, 0.15) is 0 Å². The summed E-state index contributed by atoms with van der Waals surface area (Å²) in [6.45, 7) is 2.91. The first-order valence-corrected chi connectivity index (χ1v) is 9.93. The number of allylic oxidation sites excluding steroid dienone is 1. The number of fused-ring (bicyclic) bond motifs is 1. The highest BCUT2D eigenvalue weighted by atomic mass is 16.2. The van der Waals surface area contributed by atoms with E-state index in [4.69, 9.17) is 0 Å². The minimum atomic E-state index is -0.502. The van der Waals surface area contributed by atoms with Crippen molar-refractivity contribution in [3.8, 4) is 0 Å². The number of likely N-dealkylation sites (tertiary alicyclic amines) is 1. The molecule has 0 bridgehead atoms. The zero-order chi connectivity index (χ0) is 20.6. The Morgan fingerprint density at radius 1 is 1.14 bits per heavy atom. The molecule has 1 unspecified atom stereocenters. The third-order valence-corrected chi connectivity index (χ3v) is 5.81. The molecular weight excluding hydrogens is 366 g/mol. The van der Waals surface area contributed by atoms with Gasteiger partial charge in [0.25, 0.3) is 17.4 Å². The maximum absolute atomic E-state index is 12.8. The average Bonchev–Trinajstić information content (AvgIpc) is 3.10. The van der Waals surface area contributed by atoms with Gasteiger partial charge >= 0.3 is 0 Å². The van der Waals surface area contributed by atoms with Gasteiger partial charge in [-0.25, -0.2) is 0 Å². The van der Waals surface area contributed by atoms with Gasteiger partial charge in [0.2, 0.25) is 0 Å². The van der Waals surface area contributed by atoms with E-state index in [1.165, 1.54) is 16.2 Å². The standard InChI is InChI=1S/C23H25N3O3/c1-23(24-21(28)18-8-7-16-5-3-4-6-17(16)13-18)10-12-26(15-23)22(29)19-9-11-25(2)20(27)14-19/h4,6-9,11,13-14H,3,5,10,12,15H2,1-2H3,(H,24,28). The number of nitrogens with zero attached hydrogens (tertiary/aromatic N) is 2. The van der Waals surface area contributed by atoms with Crippen molar-refractivity contribution < 1.29 is 9.59 Å². The highest BCUT2D eigenvalue weighted by Crippen LogP contribution is 2.24. The van der Waals surface area contributed by atoms with E-state index in [0.717, 1.165) is 18.4 Å². The number of carbonyl (C=O) groups excluding carboxylic acids is 2. The molecule has 29 heavy (non-hydrogen) atoms. The fourth-order valence-corrected chi connectivity index (χ4v) is 4.01. The summed E-state index contributed by atoms with van der Waals surface area (Å²) >= 11 is 0. The number of aromatic nitrogens is 1. The van der Waals surface area contributed by atoms with Gasteiger partial charge < -0.3 is 14.8 Å². The monoisotopic (exact) mass is 391 g/mol. The topological polar surface area (TPSA) is 71.4 Å². The van der Waals surface area contributed by atoms with E-state index in [1.54, 1.807) is 24.2 Å². The first kappa shape index (κ1) is 19.2. The molecule has 1 saturated heterocycles. The minimum absolute atomic E-state index is 0.128. The molecule has 6 heteroatoms. The number of amides is 2. The Kier molecular flexibility index (Phi) is 4.86. The molecule has 1 N–H and O–H groups in total. The van der Waals surface area contributed by atoms with E-state index in [0.29, 0.717) is 30.6 Å². The Morgan fingerprint density at radius 3 is 2.76 bits per heavy atom. The second-order valence-corrected chi connectivity index (χ2v) is 8.21. The molecule has 150 valence electrons. The van der Waals surface area contributed by atoms with Gasteiger partial charge in [-0.05, 0) is 55.5 Å². The number of benzene rings is 1. The molecule has 0 saturated carbocycles. The number of carbonyl (C=O) groups is 2. The Hall–Kier alpha value is -3.15. The lowest BCUT2D eigenvalue weighted by molar-refractivity contribution is 0.0768. The van der Waals surface area contributed by atoms with Gasteiger partial charge in [0.15, 0.2) is 0 Å². The van der Waals surface area contributed by atoms with Gasteiger partial charge in [0.05, 0.1) is 5.54 Å². The van der Waals surface area contributed by atoms with Gasteiger partial charge in [0, 0.05) is 43.5 Å². The number of nitrogens with one attached hydrogen (secondary N) is 1. The molecule has 1 atom stereocenters. The summed E-state index contributed by atoms with van der Waals surface area (Å²) in [5.41, 5.74) is 2.66. The van der Waals surface area contributed by atoms with Crippen molar-refractivity contribution in [1.29, 1.82) is 0 Å². The van der Waals surface area contributed by atoms with E-state index in [9.17, 15) is 14.4 Å². The van der Waals surface area contributed by atoms with E-state index < -0.39 is 5.54 Å². The summed E-state index contributed by atoms with van der Waals surface area (Å²) < 4.78 is 1.43. The molecular formula is C23H25N3O3. The summed E-state index contributed by atoms with van der Waals surface area (Å²) in [5.74, 6) is -0.309. The van der Waals surface area contributed by atoms with Crippen LogP contribution in [0.4, 0.5) is 0 Å². The van der Waals surface area contributed by atoms with E-state index in [2.05, 4.69) is 17.5 Å². The largest absolute Gasteiger partial charge is 0.345 e. The molecule has 1 aromatic heterocycles. The number of aryl methyl sites for hydroxylation is 2. The summed E-state index contributed by atoms with van der Waals surface area (Å²) in [7, 11) is 1.65. The van der Waals surface area contributed by atoms with Gasteiger partial charge in [-0.3, -0.25) is 14.4 Å². The smallest absolute Gasteiger partial charge is 0.254 e. The quantitative estimate of drug-likeness (QED) is 0.873. The molecule has 2 amide bonds. The molecule has 2 aromatic rings. The fraction of sp³-hybridized carbons (Fsp3) is 0.348. The molecule has 1 aliphatic heterocycles.